The molecule has 6 heteroatoms. The molecule has 0 aliphatic rings. The molecule has 0 saturated carbocycles. The molecule has 0 radical (unpaired) electrons. The van der Waals surface area contributed by atoms with Crippen LogP contribution in [-0.2, 0) is 9.84 Å². The maximum absolute atomic E-state index is 11.4. The third kappa shape index (κ3) is 3.34. The highest BCUT2D eigenvalue weighted by molar-refractivity contribution is 7.91. The van der Waals surface area contributed by atoms with Crippen molar-refractivity contribution in [2.24, 2.45) is 0 Å². The molecule has 0 aromatic heterocycles. The van der Waals surface area contributed by atoms with Crippen LogP contribution < -0.4 is 4.74 Å². The summed E-state index contributed by atoms with van der Waals surface area (Å²) in [6.07, 6.45) is -0.0680. The third-order valence-electron chi connectivity index (χ3n) is 2.65. The van der Waals surface area contributed by atoms with Crippen molar-refractivity contribution in [3.63, 3.8) is 0 Å². The predicted octanol–water partition coefficient (Wildman–Crippen LogP) is 1.82. The first kappa shape index (κ1) is 14.3. The van der Waals surface area contributed by atoms with Crippen LogP contribution in [0.5, 0.6) is 5.75 Å². The first-order valence-corrected chi connectivity index (χ1v) is 7.31. The lowest BCUT2D eigenvalue weighted by Gasteiger charge is -2.19. The van der Waals surface area contributed by atoms with Gasteiger partial charge in [-0.15, -0.1) is 0 Å². The van der Waals surface area contributed by atoms with Crippen LogP contribution in [0.4, 0.5) is 0 Å². The average molecular weight is 279 g/mol. The van der Waals surface area contributed by atoms with Crippen molar-refractivity contribution in [2.75, 3.05) is 13.4 Å². The maximum Gasteiger partial charge on any atom is 0.152 e. The Morgan fingerprint density at radius 2 is 2.00 bits per heavy atom. The smallest absolute Gasteiger partial charge is 0.152 e. The molecule has 0 spiro atoms. The molecule has 0 fully saturated rings. The molecule has 1 aromatic rings. The number of halogens is 1. The van der Waals surface area contributed by atoms with Crippen molar-refractivity contribution in [2.45, 2.75) is 18.3 Å². The van der Waals surface area contributed by atoms with Gasteiger partial charge in [0.05, 0.1) is 23.5 Å². The average Bonchev–Trinajstić information content (AvgIpc) is 2.25. The van der Waals surface area contributed by atoms with Gasteiger partial charge in [0.25, 0.3) is 0 Å². The van der Waals surface area contributed by atoms with Crippen LogP contribution in [0.3, 0.4) is 0 Å². The highest BCUT2D eigenvalue weighted by Crippen LogP contribution is 2.30. The number of sulfone groups is 1. The van der Waals surface area contributed by atoms with E-state index in [2.05, 4.69) is 0 Å². The molecular weight excluding hydrogens is 264 g/mol. The van der Waals surface area contributed by atoms with Gasteiger partial charge in [-0.2, -0.15) is 0 Å². The van der Waals surface area contributed by atoms with Crippen LogP contribution in [0.2, 0.25) is 5.02 Å². The van der Waals surface area contributed by atoms with Crippen molar-refractivity contribution in [3.8, 4) is 5.75 Å². The minimum absolute atomic E-state index is 0.285. The topological polar surface area (TPSA) is 63.6 Å². The molecule has 4 nitrogen and oxygen atoms in total. The lowest BCUT2D eigenvalue weighted by molar-refractivity contribution is 0.176. The number of hydrogen-bond donors (Lipinski definition) is 1. The molecule has 0 saturated heterocycles. The SMILES string of the molecule is COc1ccc(C(O)C(C)S(C)(=O)=O)c(Cl)c1. The van der Waals surface area contributed by atoms with Crippen LogP contribution in [-0.4, -0.2) is 32.1 Å². The van der Waals surface area contributed by atoms with Gasteiger partial charge in [-0.3, -0.25) is 0 Å². The van der Waals surface area contributed by atoms with E-state index in [-0.39, 0.29) is 5.02 Å². The van der Waals surface area contributed by atoms with Crippen molar-refractivity contribution >= 4 is 21.4 Å². The van der Waals surface area contributed by atoms with Gasteiger partial charge in [0, 0.05) is 11.8 Å². The molecule has 0 amide bonds. The van der Waals surface area contributed by atoms with Gasteiger partial charge in [-0.25, -0.2) is 8.42 Å². The number of methoxy groups -OCH3 is 1. The number of aliphatic hydroxyl groups excluding tert-OH is 1. The molecule has 0 aliphatic heterocycles. The Labute approximate surface area is 106 Å². The Balaban J connectivity index is 3.09. The van der Waals surface area contributed by atoms with E-state index in [0.29, 0.717) is 11.3 Å². The Morgan fingerprint density at radius 3 is 2.41 bits per heavy atom. The first-order valence-electron chi connectivity index (χ1n) is 4.97. The van der Waals surface area contributed by atoms with E-state index in [1.807, 2.05) is 0 Å². The molecule has 0 aliphatic carbocycles. The van der Waals surface area contributed by atoms with Gasteiger partial charge >= 0.3 is 0 Å². The van der Waals surface area contributed by atoms with Crippen LogP contribution in [0.1, 0.15) is 18.6 Å². The number of ether oxygens (including phenoxy) is 1. The normalized spacial score (nSPS) is 15.4. The summed E-state index contributed by atoms with van der Waals surface area (Å²) in [7, 11) is -1.82. The number of aliphatic hydroxyl groups is 1. The van der Waals surface area contributed by atoms with Gasteiger partial charge < -0.3 is 9.84 Å². The van der Waals surface area contributed by atoms with Crippen molar-refractivity contribution in [1.29, 1.82) is 0 Å². The number of rotatable bonds is 4. The number of hydrogen-bond acceptors (Lipinski definition) is 4. The Hall–Kier alpha value is -0.780. The summed E-state index contributed by atoms with van der Waals surface area (Å²) in [4.78, 5) is 0. The summed E-state index contributed by atoms with van der Waals surface area (Å²) in [6, 6.07) is 4.72. The van der Waals surface area contributed by atoms with E-state index in [0.717, 1.165) is 6.26 Å². The molecule has 1 aromatic carbocycles. The summed E-state index contributed by atoms with van der Waals surface area (Å²) in [5, 5.41) is 9.34. The Kier molecular flexibility index (Phi) is 4.41. The van der Waals surface area contributed by atoms with E-state index in [9.17, 15) is 13.5 Å². The highest BCUT2D eigenvalue weighted by atomic mass is 35.5. The first-order chi connectivity index (χ1) is 7.77. The second-order valence-corrected chi connectivity index (χ2v) is 6.68. The fourth-order valence-electron chi connectivity index (χ4n) is 1.36. The fraction of sp³-hybridized carbons (Fsp3) is 0.455. The quantitative estimate of drug-likeness (QED) is 0.912. The standard InChI is InChI=1S/C11H15ClO4S/c1-7(17(3,14)15)11(13)9-5-4-8(16-2)6-10(9)12/h4-7,11,13H,1-3H3. The number of benzene rings is 1. The molecule has 1 rings (SSSR count). The zero-order valence-corrected chi connectivity index (χ0v) is 11.4. The van der Waals surface area contributed by atoms with E-state index >= 15 is 0 Å². The van der Waals surface area contributed by atoms with Crippen molar-refractivity contribution < 1.29 is 18.3 Å². The van der Waals surface area contributed by atoms with Crippen LogP contribution >= 0.6 is 11.6 Å². The van der Waals surface area contributed by atoms with Crippen molar-refractivity contribution in [3.05, 3.63) is 28.8 Å². The van der Waals surface area contributed by atoms with Gasteiger partial charge in [0.15, 0.2) is 9.84 Å². The highest BCUT2D eigenvalue weighted by Gasteiger charge is 2.27. The van der Waals surface area contributed by atoms with E-state index < -0.39 is 21.2 Å². The van der Waals surface area contributed by atoms with Gasteiger partial charge in [0.1, 0.15) is 5.75 Å². The third-order valence-corrected chi connectivity index (χ3v) is 4.58. The summed E-state index contributed by atoms with van der Waals surface area (Å²) >= 11 is 5.96. The maximum atomic E-state index is 11.4. The summed E-state index contributed by atoms with van der Waals surface area (Å²) in [6.45, 7) is 1.45. The minimum atomic E-state index is -3.32. The van der Waals surface area contributed by atoms with Gasteiger partial charge in [-0.1, -0.05) is 17.7 Å². The summed E-state index contributed by atoms with van der Waals surface area (Å²) in [5.74, 6) is 0.554. The Morgan fingerprint density at radius 1 is 1.41 bits per heavy atom. The molecule has 17 heavy (non-hydrogen) atoms. The summed E-state index contributed by atoms with van der Waals surface area (Å²) < 4.78 is 27.7. The minimum Gasteiger partial charge on any atom is -0.497 e. The molecule has 0 heterocycles. The van der Waals surface area contributed by atoms with Crippen LogP contribution in [0.15, 0.2) is 18.2 Å². The molecule has 2 unspecified atom stereocenters. The van der Waals surface area contributed by atoms with Crippen LogP contribution in [0.25, 0.3) is 0 Å². The monoisotopic (exact) mass is 278 g/mol. The lowest BCUT2D eigenvalue weighted by Crippen LogP contribution is -2.24. The fourth-order valence-corrected chi connectivity index (χ4v) is 2.26. The van der Waals surface area contributed by atoms with Gasteiger partial charge in [-0.05, 0) is 19.1 Å². The second kappa shape index (κ2) is 5.25. The zero-order chi connectivity index (χ0) is 13.2. The van der Waals surface area contributed by atoms with Crippen molar-refractivity contribution in [1.82, 2.24) is 0 Å². The zero-order valence-electron chi connectivity index (χ0n) is 9.84. The van der Waals surface area contributed by atoms with Crippen LogP contribution in [0, 0.1) is 0 Å². The molecule has 0 bridgehead atoms. The lowest BCUT2D eigenvalue weighted by atomic mass is 10.1. The largest absolute Gasteiger partial charge is 0.497 e. The molecule has 1 N–H and O–H groups in total. The summed E-state index contributed by atoms with van der Waals surface area (Å²) in [5.41, 5.74) is 0.380. The Bertz CT molecular complexity index is 498. The molecular formula is C11H15ClO4S. The van der Waals surface area contributed by atoms with E-state index in [1.165, 1.54) is 20.1 Å². The van der Waals surface area contributed by atoms with E-state index in [1.54, 1.807) is 12.1 Å². The molecule has 2 atom stereocenters. The van der Waals surface area contributed by atoms with Gasteiger partial charge in [0.2, 0.25) is 0 Å². The van der Waals surface area contributed by atoms with E-state index in [4.69, 9.17) is 16.3 Å². The molecule has 96 valence electrons. The second-order valence-electron chi connectivity index (χ2n) is 3.87. The predicted molar refractivity (Wildman–Crippen MR) is 67.3 cm³/mol.